The maximum atomic E-state index is 13.7. The van der Waals surface area contributed by atoms with Gasteiger partial charge in [0.25, 0.3) is 0 Å². The van der Waals surface area contributed by atoms with Gasteiger partial charge in [0.1, 0.15) is 5.65 Å². The molecule has 0 aliphatic rings. The molecule has 0 atom stereocenters. The standard InChI is InChI=1S/C11H13ClFN3/c1-5-7(4-14)10(13)15-11-8(5)9(12)6(2)16(11)3/h4,14H2,1-3H3. The first-order valence-electron chi connectivity index (χ1n) is 4.98. The monoisotopic (exact) mass is 241 g/mol. The Hall–Kier alpha value is -1.13. The van der Waals surface area contributed by atoms with Crippen LogP contribution in [0, 0.1) is 19.8 Å². The number of hydrogen-bond acceptors (Lipinski definition) is 2. The van der Waals surface area contributed by atoms with Gasteiger partial charge in [-0.25, -0.2) is 4.98 Å². The molecule has 0 bridgehead atoms. The Balaban J connectivity index is 2.99. The Labute approximate surface area is 98.0 Å². The van der Waals surface area contributed by atoms with E-state index in [9.17, 15) is 4.39 Å². The van der Waals surface area contributed by atoms with E-state index >= 15 is 0 Å². The smallest absolute Gasteiger partial charge is 0.219 e. The number of aryl methyl sites for hydroxylation is 2. The predicted molar refractivity (Wildman–Crippen MR) is 63.0 cm³/mol. The number of pyridine rings is 1. The molecule has 0 unspecified atom stereocenters. The van der Waals surface area contributed by atoms with E-state index in [0.29, 0.717) is 16.2 Å². The Kier molecular flexibility index (Phi) is 2.64. The van der Waals surface area contributed by atoms with Crippen molar-refractivity contribution in [2.24, 2.45) is 12.8 Å². The molecule has 0 saturated heterocycles. The van der Waals surface area contributed by atoms with Crippen LogP contribution in [-0.2, 0) is 13.6 Å². The first kappa shape index (κ1) is 11.4. The molecule has 3 nitrogen and oxygen atoms in total. The molecule has 2 aromatic rings. The third-order valence-electron chi connectivity index (χ3n) is 3.07. The second kappa shape index (κ2) is 3.71. The fraction of sp³-hybridized carbons (Fsp3) is 0.364. The molecule has 5 heteroatoms. The first-order chi connectivity index (χ1) is 7.49. The average molecular weight is 242 g/mol. The Bertz CT molecular complexity index is 575. The maximum Gasteiger partial charge on any atom is 0.219 e. The SMILES string of the molecule is Cc1c(CN)c(F)nc2c1c(Cl)c(C)n2C. The van der Waals surface area contributed by atoms with E-state index in [2.05, 4.69) is 4.98 Å². The van der Waals surface area contributed by atoms with Crippen LogP contribution >= 0.6 is 11.6 Å². The Morgan fingerprint density at radius 3 is 2.62 bits per heavy atom. The lowest BCUT2D eigenvalue weighted by atomic mass is 10.1. The van der Waals surface area contributed by atoms with Gasteiger partial charge in [-0.05, 0) is 19.4 Å². The fourth-order valence-corrected chi connectivity index (χ4v) is 2.27. The fourth-order valence-electron chi connectivity index (χ4n) is 1.92. The van der Waals surface area contributed by atoms with Crippen molar-refractivity contribution in [1.29, 1.82) is 0 Å². The van der Waals surface area contributed by atoms with Gasteiger partial charge < -0.3 is 10.3 Å². The molecule has 2 N–H and O–H groups in total. The Morgan fingerprint density at radius 2 is 2.06 bits per heavy atom. The molecule has 0 saturated carbocycles. The maximum absolute atomic E-state index is 13.7. The summed E-state index contributed by atoms with van der Waals surface area (Å²) in [7, 11) is 1.82. The second-order valence-electron chi connectivity index (χ2n) is 3.87. The summed E-state index contributed by atoms with van der Waals surface area (Å²) >= 11 is 6.21. The van der Waals surface area contributed by atoms with Crippen LogP contribution in [0.15, 0.2) is 0 Å². The molecule has 86 valence electrons. The minimum absolute atomic E-state index is 0.130. The van der Waals surface area contributed by atoms with Gasteiger partial charge in [-0.2, -0.15) is 4.39 Å². The minimum Gasteiger partial charge on any atom is -0.331 e. The molecule has 0 spiro atoms. The summed E-state index contributed by atoms with van der Waals surface area (Å²) in [4.78, 5) is 3.92. The number of fused-ring (bicyclic) bond motifs is 1. The molecule has 0 aliphatic carbocycles. The zero-order valence-electron chi connectivity index (χ0n) is 9.43. The van der Waals surface area contributed by atoms with Crippen molar-refractivity contribution in [2.75, 3.05) is 0 Å². The van der Waals surface area contributed by atoms with Gasteiger partial charge in [0, 0.05) is 30.2 Å². The van der Waals surface area contributed by atoms with Crippen molar-refractivity contribution in [3.05, 3.63) is 27.8 Å². The van der Waals surface area contributed by atoms with Gasteiger partial charge in [-0.1, -0.05) is 11.6 Å². The highest BCUT2D eigenvalue weighted by atomic mass is 35.5. The molecule has 0 radical (unpaired) electrons. The van der Waals surface area contributed by atoms with Crippen LogP contribution in [0.4, 0.5) is 4.39 Å². The highest BCUT2D eigenvalue weighted by Gasteiger charge is 2.18. The molecule has 0 amide bonds. The number of nitrogens with zero attached hydrogens (tertiary/aromatic N) is 2. The summed E-state index contributed by atoms with van der Waals surface area (Å²) in [6.07, 6.45) is 0. The van der Waals surface area contributed by atoms with Crippen LogP contribution in [0.3, 0.4) is 0 Å². The van der Waals surface area contributed by atoms with Gasteiger partial charge >= 0.3 is 0 Å². The molecule has 0 fully saturated rings. The zero-order valence-corrected chi connectivity index (χ0v) is 10.2. The Morgan fingerprint density at radius 1 is 1.44 bits per heavy atom. The summed E-state index contributed by atoms with van der Waals surface area (Å²) < 4.78 is 15.4. The van der Waals surface area contributed by atoms with Gasteiger partial charge in [0.05, 0.1) is 5.02 Å². The molecule has 0 aromatic carbocycles. The molecular weight excluding hydrogens is 229 g/mol. The molecule has 2 heterocycles. The van der Waals surface area contributed by atoms with Crippen LogP contribution in [0.1, 0.15) is 16.8 Å². The van der Waals surface area contributed by atoms with E-state index in [1.807, 2.05) is 20.9 Å². The van der Waals surface area contributed by atoms with E-state index in [1.165, 1.54) is 0 Å². The summed E-state index contributed by atoms with van der Waals surface area (Å²) in [6.45, 7) is 3.83. The van der Waals surface area contributed by atoms with Crippen LogP contribution < -0.4 is 5.73 Å². The number of nitrogens with two attached hydrogens (primary N) is 1. The minimum atomic E-state index is -0.509. The van der Waals surface area contributed by atoms with Crippen molar-refractivity contribution in [2.45, 2.75) is 20.4 Å². The highest BCUT2D eigenvalue weighted by Crippen LogP contribution is 2.32. The molecule has 0 aliphatic heterocycles. The van der Waals surface area contributed by atoms with Crippen LogP contribution in [0.25, 0.3) is 11.0 Å². The van der Waals surface area contributed by atoms with E-state index < -0.39 is 5.95 Å². The van der Waals surface area contributed by atoms with E-state index in [-0.39, 0.29) is 6.54 Å². The highest BCUT2D eigenvalue weighted by molar-refractivity contribution is 6.36. The lowest BCUT2D eigenvalue weighted by molar-refractivity contribution is 0.568. The van der Waals surface area contributed by atoms with Crippen molar-refractivity contribution >= 4 is 22.6 Å². The largest absolute Gasteiger partial charge is 0.331 e. The normalized spacial score (nSPS) is 11.4. The zero-order chi connectivity index (χ0) is 12.0. The molecule has 16 heavy (non-hydrogen) atoms. The lowest BCUT2D eigenvalue weighted by Crippen LogP contribution is -2.06. The molecule has 2 aromatic heterocycles. The third-order valence-corrected chi connectivity index (χ3v) is 3.53. The van der Waals surface area contributed by atoms with Crippen LogP contribution in [0.2, 0.25) is 5.02 Å². The third kappa shape index (κ3) is 1.33. The van der Waals surface area contributed by atoms with Crippen molar-refractivity contribution in [3.8, 4) is 0 Å². The van der Waals surface area contributed by atoms with Gasteiger partial charge in [-0.3, -0.25) is 0 Å². The average Bonchev–Trinajstić information content (AvgIpc) is 2.44. The van der Waals surface area contributed by atoms with Crippen molar-refractivity contribution < 1.29 is 4.39 Å². The van der Waals surface area contributed by atoms with Gasteiger partial charge in [-0.15, -0.1) is 0 Å². The number of aromatic nitrogens is 2. The van der Waals surface area contributed by atoms with Crippen LogP contribution in [-0.4, -0.2) is 9.55 Å². The predicted octanol–water partition coefficient (Wildman–Crippen LogP) is 2.44. The second-order valence-corrected chi connectivity index (χ2v) is 4.25. The summed E-state index contributed by atoms with van der Waals surface area (Å²) in [5.41, 5.74) is 8.15. The number of hydrogen-bond donors (Lipinski definition) is 1. The number of halogens is 2. The van der Waals surface area contributed by atoms with Gasteiger partial charge in [0.15, 0.2) is 0 Å². The first-order valence-corrected chi connectivity index (χ1v) is 5.36. The quantitative estimate of drug-likeness (QED) is 0.780. The topological polar surface area (TPSA) is 43.8 Å². The molecular formula is C11H13ClFN3. The van der Waals surface area contributed by atoms with Crippen LogP contribution in [0.5, 0.6) is 0 Å². The van der Waals surface area contributed by atoms with E-state index in [0.717, 1.165) is 16.6 Å². The summed E-state index contributed by atoms with van der Waals surface area (Å²) in [6, 6.07) is 0. The van der Waals surface area contributed by atoms with Crippen molar-refractivity contribution in [3.63, 3.8) is 0 Å². The summed E-state index contributed by atoms with van der Waals surface area (Å²) in [5.74, 6) is -0.509. The molecule has 2 rings (SSSR count). The summed E-state index contributed by atoms with van der Waals surface area (Å²) in [5, 5.41) is 1.42. The lowest BCUT2D eigenvalue weighted by Gasteiger charge is -2.06. The van der Waals surface area contributed by atoms with Crippen molar-refractivity contribution in [1.82, 2.24) is 9.55 Å². The number of rotatable bonds is 1. The van der Waals surface area contributed by atoms with E-state index in [4.69, 9.17) is 17.3 Å². The van der Waals surface area contributed by atoms with E-state index in [1.54, 1.807) is 4.57 Å². The van der Waals surface area contributed by atoms with Gasteiger partial charge in [0.2, 0.25) is 5.95 Å².